The third-order valence-electron chi connectivity index (χ3n) is 5.61. The van der Waals surface area contributed by atoms with Crippen molar-refractivity contribution in [3.63, 3.8) is 0 Å². The van der Waals surface area contributed by atoms with E-state index in [2.05, 4.69) is 96.3 Å². The van der Waals surface area contributed by atoms with Crippen LogP contribution >= 0.6 is 12.2 Å². The fraction of sp³-hybridized carbons (Fsp3) is 0.333. The highest BCUT2D eigenvalue weighted by Crippen LogP contribution is 2.41. The summed E-state index contributed by atoms with van der Waals surface area (Å²) in [5.41, 5.74) is 4.66. The zero-order valence-electron chi connectivity index (χ0n) is 17.4. The Bertz CT molecular complexity index is 976. The predicted octanol–water partition coefficient (Wildman–Crippen LogP) is 5.76. The first-order valence-corrected chi connectivity index (χ1v) is 10.6. The molecule has 0 spiro atoms. The van der Waals surface area contributed by atoms with Gasteiger partial charge >= 0.3 is 0 Å². The number of pyridine rings is 1. The number of hydrogen-bond donors (Lipinski definition) is 1. The van der Waals surface area contributed by atoms with E-state index in [1.807, 2.05) is 18.3 Å². The van der Waals surface area contributed by atoms with Gasteiger partial charge in [-0.3, -0.25) is 4.98 Å². The molecule has 5 heteroatoms. The minimum Gasteiger partial charge on any atom is -0.351 e. The van der Waals surface area contributed by atoms with Gasteiger partial charge in [-0.1, -0.05) is 32.0 Å². The number of nitrogens with one attached hydrogen (secondary N) is 1. The van der Waals surface area contributed by atoms with Crippen molar-refractivity contribution in [2.24, 2.45) is 0 Å². The van der Waals surface area contributed by atoms with E-state index in [0.29, 0.717) is 12.0 Å². The zero-order valence-corrected chi connectivity index (χ0v) is 18.2. The average molecular weight is 405 g/mol. The lowest BCUT2D eigenvalue weighted by Crippen LogP contribution is -2.29. The van der Waals surface area contributed by atoms with E-state index < -0.39 is 0 Å². The molecule has 29 heavy (non-hydrogen) atoms. The standard InChI is InChI=1S/C24H28N4S/c1-16(2)18-8-10-20(11-9-18)28-23(19-12-14-27(15-19)17(3)4)22(26-24(28)29)21-7-5-6-13-25-21/h5-17,22-23H,1-4H3,(H,26,29)/t22-,23-/m1/s1. The first-order valence-electron chi connectivity index (χ1n) is 10.2. The minimum absolute atomic E-state index is 0.00325. The number of nitrogens with zero attached hydrogens (tertiary/aromatic N) is 3. The van der Waals surface area contributed by atoms with E-state index in [1.165, 1.54) is 11.1 Å². The SMILES string of the molecule is CC(C)c1ccc(N2C(=S)N[C@H](c3ccccn3)[C@H]2c2ccn(C(C)C)c2)cc1. The maximum atomic E-state index is 5.80. The largest absolute Gasteiger partial charge is 0.351 e. The summed E-state index contributed by atoms with van der Waals surface area (Å²) in [7, 11) is 0. The molecule has 0 aliphatic carbocycles. The highest BCUT2D eigenvalue weighted by molar-refractivity contribution is 7.80. The van der Waals surface area contributed by atoms with Crippen molar-refractivity contribution < 1.29 is 0 Å². The lowest BCUT2D eigenvalue weighted by Gasteiger charge is -2.27. The van der Waals surface area contributed by atoms with E-state index in [-0.39, 0.29) is 12.1 Å². The molecule has 1 N–H and O–H groups in total. The van der Waals surface area contributed by atoms with Gasteiger partial charge in [-0.25, -0.2) is 0 Å². The summed E-state index contributed by atoms with van der Waals surface area (Å²) in [6, 6.07) is 17.5. The summed E-state index contributed by atoms with van der Waals surface area (Å²) in [4.78, 5) is 6.86. The first-order chi connectivity index (χ1) is 14.0. The first kappa shape index (κ1) is 19.6. The fourth-order valence-corrected chi connectivity index (χ4v) is 4.26. The van der Waals surface area contributed by atoms with Gasteiger partial charge in [0, 0.05) is 30.3 Å². The van der Waals surface area contributed by atoms with Crippen LogP contribution in [-0.2, 0) is 0 Å². The van der Waals surface area contributed by atoms with Crippen LogP contribution in [0, 0.1) is 0 Å². The molecule has 0 radical (unpaired) electrons. The van der Waals surface area contributed by atoms with Crippen LogP contribution in [0.3, 0.4) is 0 Å². The molecule has 4 nitrogen and oxygen atoms in total. The van der Waals surface area contributed by atoms with Gasteiger partial charge in [-0.05, 0) is 73.4 Å². The summed E-state index contributed by atoms with van der Waals surface area (Å²) in [5, 5.41) is 4.27. The quantitative estimate of drug-likeness (QED) is 0.548. The lowest BCUT2D eigenvalue weighted by atomic mass is 9.98. The van der Waals surface area contributed by atoms with Gasteiger partial charge in [0.2, 0.25) is 0 Å². The van der Waals surface area contributed by atoms with E-state index in [0.717, 1.165) is 16.5 Å². The summed E-state index contributed by atoms with van der Waals surface area (Å²) < 4.78 is 2.24. The Kier molecular flexibility index (Phi) is 5.41. The monoisotopic (exact) mass is 404 g/mol. The molecule has 1 aromatic carbocycles. The zero-order chi connectivity index (χ0) is 20.5. The molecule has 3 aromatic rings. The van der Waals surface area contributed by atoms with Crippen LogP contribution in [0.4, 0.5) is 5.69 Å². The fourth-order valence-electron chi connectivity index (χ4n) is 3.92. The van der Waals surface area contributed by atoms with Crippen molar-refractivity contribution in [2.45, 2.75) is 51.7 Å². The normalized spacial score (nSPS) is 19.2. The summed E-state index contributed by atoms with van der Waals surface area (Å²) >= 11 is 5.80. The second-order valence-electron chi connectivity index (χ2n) is 8.23. The van der Waals surface area contributed by atoms with Crippen LogP contribution in [0.1, 0.15) is 68.6 Å². The molecule has 0 saturated carbocycles. The molecule has 1 fully saturated rings. The van der Waals surface area contributed by atoms with Gasteiger partial charge in [0.25, 0.3) is 0 Å². The summed E-state index contributed by atoms with van der Waals surface area (Å²) in [6.45, 7) is 8.82. The van der Waals surface area contributed by atoms with Crippen LogP contribution in [0.5, 0.6) is 0 Å². The van der Waals surface area contributed by atoms with Crippen LogP contribution in [0.2, 0.25) is 0 Å². The Balaban J connectivity index is 1.78. The van der Waals surface area contributed by atoms with Crippen molar-refractivity contribution in [3.8, 4) is 0 Å². The molecular formula is C24H28N4S. The molecule has 0 amide bonds. The maximum Gasteiger partial charge on any atom is 0.174 e. The van der Waals surface area contributed by atoms with Crippen molar-refractivity contribution in [1.82, 2.24) is 14.9 Å². The van der Waals surface area contributed by atoms with E-state index in [9.17, 15) is 0 Å². The van der Waals surface area contributed by atoms with Gasteiger partial charge in [0.05, 0.1) is 17.8 Å². The number of rotatable bonds is 5. The number of benzene rings is 1. The molecule has 3 heterocycles. The van der Waals surface area contributed by atoms with Gasteiger partial charge in [-0.2, -0.15) is 0 Å². The van der Waals surface area contributed by atoms with Gasteiger partial charge in [0.15, 0.2) is 5.11 Å². The highest BCUT2D eigenvalue weighted by Gasteiger charge is 2.41. The van der Waals surface area contributed by atoms with Gasteiger partial charge < -0.3 is 14.8 Å². The van der Waals surface area contributed by atoms with E-state index >= 15 is 0 Å². The number of anilines is 1. The van der Waals surface area contributed by atoms with Crippen LogP contribution in [-0.4, -0.2) is 14.7 Å². The number of hydrogen-bond acceptors (Lipinski definition) is 2. The molecule has 2 atom stereocenters. The van der Waals surface area contributed by atoms with Gasteiger partial charge in [-0.15, -0.1) is 0 Å². The second-order valence-corrected chi connectivity index (χ2v) is 8.62. The Hall–Kier alpha value is -2.66. The Labute approximate surface area is 178 Å². The van der Waals surface area contributed by atoms with Gasteiger partial charge in [0.1, 0.15) is 0 Å². The third kappa shape index (κ3) is 3.79. The van der Waals surface area contributed by atoms with Crippen molar-refractivity contribution in [3.05, 3.63) is 83.9 Å². The molecule has 0 unspecified atom stereocenters. The summed E-state index contributed by atoms with van der Waals surface area (Å²) in [5.74, 6) is 0.504. The Morgan fingerprint density at radius 1 is 1.00 bits per heavy atom. The van der Waals surface area contributed by atoms with Crippen LogP contribution in [0.25, 0.3) is 0 Å². The molecule has 150 valence electrons. The van der Waals surface area contributed by atoms with Crippen molar-refractivity contribution in [1.29, 1.82) is 0 Å². The van der Waals surface area contributed by atoms with Crippen molar-refractivity contribution >= 4 is 23.0 Å². The Morgan fingerprint density at radius 3 is 2.34 bits per heavy atom. The lowest BCUT2D eigenvalue weighted by molar-refractivity contribution is 0.560. The molecule has 0 bridgehead atoms. The minimum atomic E-state index is -0.00325. The van der Waals surface area contributed by atoms with E-state index in [1.54, 1.807) is 0 Å². The topological polar surface area (TPSA) is 33.1 Å². The third-order valence-corrected chi connectivity index (χ3v) is 5.93. The van der Waals surface area contributed by atoms with Crippen LogP contribution in [0.15, 0.2) is 67.1 Å². The Morgan fingerprint density at radius 2 is 1.76 bits per heavy atom. The molecular weight excluding hydrogens is 376 g/mol. The molecule has 1 aliphatic heterocycles. The highest BCUT2D eigenvalue weighted by atomic mass is 32.1. The van der Waals surface area contributed by atoms with Crippen LogP contribution < -0.4 is 10.2 Å². The maximum absolute atomic E-state index is 5.80. The number of thiocarbonyl (C=S) groups is 1. The second kappa shape index (κ2) is 7.99. The predicted molar refractivity (Wildman–Crippen MR) is 123 cm³/mol. The average Bonchev–Trinajstić information content (AvgIpc) is 3.33. The number of aromatic nitrogens is 2. The molecule has 1 aliphatic rings. The molecule has 1 saturated heterocycles. The molecule has 4 rings (SSSR count). The summed E-state index contributed by atoms with van der Waals surface area (Å²) in [6.07, 6.45) is 6.23. The molecule has 2 aromatic heterocycles. The smallest absolute Gasteiger partial charge is 0.174 e. The van der Waals surface area contributed by atoms with Crippen molar-refractivity contribution in [2.75, 3.05) is 4.90 Å². The van der Waals surface area contributed by atoms with E-state index in [4.69, 9.17) is 12.2 Å².